The highest BCUT2D eigenvalue weighted by atomic mass is 14.1. The molecule has 0 saturated heterocycles. The number of hydrogen-bond donors (Lipinski definition) is 0. The fourth-order valence-corrected chi connectivity index (χ4v) is 4.35. The van der Waals surface area contributed by atoms with Crippen LogP contribution in [-0.4, -0.2) is 0 Å². The number of rotatable bonds is 23. The quantitative estimate of drug-likeness (QED) is 0.155. The topological polar surface area (TPSA) is 0 Å². The van der Waals surface area contributed by atoms with Crippen molar-refractivity contribution < 1.29 is 0 Å². The van der Waals surface area contributed by atoms with Crippen LogP contribution in [0.3, 0.4) is 0 Å². The molecule has 0 amide bonds. The minimum Gasteiger partial charge on any atom is -0.0654 e. The molecule has 0 N–H and O–H groups in total. The summed E-state index contributed by atoms with van der Waals surface area (Å²) in [6.45, 7) is 8.61. The van der Waals surface area contributed by atoms with Crippen LogP contribution in [0.2, 0.25) is 0 Å². The second-order valence-electron chi connectivity index (χ2n) is 9.10. The average Bonchev–Trinajstić information content (AvgIpc) is 2.68. The Balaban J connectivity index is 3.46. The Hall–Kier alpha value is 0. The lowest BCUT2D eigenvalue weighted by molar-refractivity contribution is 0.369. The van der Waals surface area contributed by atoms with Gasteiger partial charge in [0, 0.05) is 0 Å². The van der Waals surface area contributed by atoms with Gasteiger partial charge >= 0.3 is 0 Å². The van der Waals surface area contributed by atoms with Crippen LogP contribution in [0.1, 0.15) is 162 Å². The second kappa shape index (κ2) is 24.0. The normalized spacial score (nSPS) is 12.6. The van der Waals surface area contributed by atoms with Crippen LogP contribution < -0.4 is 0 Å². The maximum Gasteiger partial charge on any atom is -0.0414 e. The molecule has 0 aromatic carbocycles. The molecule has 27 heavy (non-hydrogen) atoms. The van der Waals surface area contributed by atoms with Crippen molar-refractivity contribution in [2.75, 3.05) is 0 Å². The zero-order valence-corrected chi connectivity index (χ0v) is 19.5. The zero-order chi connectivity index (χ0) is 19.8. The Bertz CT molecular complexity index is 244. The van der Waals surface area contributed by atoms with Crippen molar-refractivity contribution in [1.82, 2.24) is 0 Å². The maximum absolute atomic E-state index is 3.98. The van der Waals surface area contributed by atoms with Gasteiger partial charge in [0.15, 0.2) is 0 Å². The third-order valence-corrected chi connectivity index (χ3v) is 6.29. The van der Waals surface area contributed by atoms with E-state index in [9.17, 15) is 0 Å². The molecule has 0 bridgehead atoms. The van der Waals surface area contributed by atoms with Crippen molar-refractivity contribution in [3.05, 3.63) is 6.92 Å². The SMILES string of the molecule is [CH2]CCCCCC(CCCCC)CCCCCCCCCCCCCCC. The van der Waals surface area contributed by atoms with Crippen molar-refractivity contribution in [1.29, 1.82) is 0 Å². The van der Waals surface area contributed by atoms with Crippen LogP contribution in [0.15, 0.2) is 0 Å². The van der Waals surface area contributed by atoms with E-state index in [0.29, 0.717) is 0 Å². The lowest BCUT2D eigenvalue weighted by Gasteiger charge is -2.16. The molecule has 163 valence electrons. The van der Waals surface area contributed by atoms with E-state index in [4.69, 9.17) is 0 Å². The molecule has 0 nitrogen and oxygen atoms in total. The summed E-state index contributed by atoms with van der Waals surface area (Å²) in [4.78, 5) is 0. The summed E-state index contributed by atoms with van der Waals surface area (Å²) in [5.41, 5.74) is 0. The highest BCUT2D eigenvalue weighted by Crippen LogP contribution is 2.24. The first kappa shape index (κ1) is 27.0. The first-order valence-corrected chi connectivity index (χ1v) is 13.1. The standard InChI is InChI=1S/C27H55/c1-4-7-10-12-13-14-15-16-17-18-19-20-23-26-27(24-21-9-6-3)25-22-11-8-5-2/h27H,2,4-26H2,1,3H3. The van der Waals surface area contributed by atoms with Crippen LogP contribution in [-0.2, 0) is 0 Å². The lowest BCUT2D eigenvalue weighted by Crippen LogP contribution is -2.01. The van der Waals surface area contributed by atoms with Crippen LogP contribution in [0.25, 0.3) is 0 Å². The summed E-state index contributed by atoms with van der Waals surface area (Å²) < 4.78 is 0. The van der Waals surface area contributed by atoms with E-state index in [1.165, 1.54) is 141 Å². The predicted octanol–water partition coefficient (Wildman–Crippen LogP) is 10.4. The summed E-state index contributed by atoms with van der Waals surface area (Å²) in [6, 6.07) is 0. The summed E-state index contributed by atoms with van der Waals surface area (Å²) in [5, 5.41) is 0. The molecule has 0 heteroatoms. The summed E-state index contributed by atoms with van der Waals surface area (Å²) in [6.07, 6.45) is 33.2. The predicted molar refractivity (Wildman–Crippen MR) is 126 cm³/mol. The lowest BCUT2D eigenvalue weighted by atomic mass is 9.90. The third-order valence-electron chi connectivity index (χ3n) is 6.29. The van der Waals surface area contributed by atoms with Crippen LogP contribution in [0, 0.1) is 12.8 Å². The molecule has 1 radical (unpaired) electrons. The van der Waals surface area contributed by atoms with Gasteiger partial charge in [-0.25, -0.2) is 0 Å². The Kier molecular flexibility index (Phi) is 24.0. The van der Waals surface area contributed by atoms with Crippen LogP contribution in [0.4, 0.5) is 0 Å². The summed E-state index contributed by atoms with van der Waals surface area (Å²) >= 11 is 0. The molecule has 0 fully saturated rings. The molecule has 0 aliphatic rings. The first-order valence-electron chi connectivity index (χ1n) is 13.1. The van der Waals surface area contributed by atoms with Crippen LogP contribution in [0.5, 0.6) is 0 Å². The Morgan fingerprint density at radius 2 is 0.704 bits per heavy atom. The number of unbranched alkanes of at least 4 members (excludes halogenated alkanes) is 17. The van der Waals surface area contributed by atoms with E-state index in [0.717, 1.165) is 12.3 Å². The van der Waals surface area contributed by atoms with E-state index in [1.54, 1.807) is 0 Å². The second-order valence-corrected chi connectivity index (χ2v) is 9.10. The third kappa shape index (κ3) is 22.2. The molecule has 0 aliphatic carbocycles. The molecular weight excluding hydrogens is 324 g/mol. The van der Waals surface area contributed by atoms with E-state index < -0.39 is 0 Å². The molecular formula is C27H55. The molecule has 0 spiro atoms. The fourth-order valence-electron chi connectivity index (χ4n) is 4.35. The van der Waals surface area contributed by atoms with Gasteiger partial charge in [0.1, 0.15) is 0 Å². The Labute approximate surface area is 174 Å². The number of hydrogen-bond acceptors (Lipinski definition) is 0. The Morgan fingerprint density at radius 3 is 1.11 bits per heavy atom. The van der Waals surface area contributed by atoms with Gasteiger partial charge in [0.2, 0.25) is 0 Å². The molecule has 0 aliphatic heterocycles. The van der Waals surface area contributed by atoms with Gasteiger partial charge in [-0.15, -0.1) is 0 Å². The monoisotopic (exact) mass is 379 g/mol. The van der Waals surface area contributed by atoms with Crippen molar-refractivity contribution in [2.45, 2.75) is 162 Å². The van der Waals surface area contributed by atoms with Crippen LogP contribution >= 0.6 is 0 Å². The smallest absolute Gasteiger partial charge is 0.0414 e. The van der Waals surface area contributed by atoms with E-state index in [1.807, 2.05) is 0 Å². The van der Waals surface area contributed by atoms with Gasteiger partial charge in [-0.2, -0.15) is 0 Å². The van der Waals surface area contributed by atoms with Crippen molar-refractivity contribution >= 4 is 0 Å². The van der Waals surface area contributed by atoms with Gasteiger partial charge < -0.3 is 0 Å². The molecule has 0 heterocycles. The zero-order valence-electron chi connectivity index (χ0n) is 19.5. The van der Waals surface area contributed by atoms with Gasteiger partial charge in [0.05, 0.1) is 0 Å². The average molecular weight is 380 g/mol. The Morgan fingerprint density at radius 1 is 0.407 bits per heavy atom. The van der Waals surface area contributed by atoms with Crippen molar-refractivity contribution in [3.8, 4) is 0 Å². The van der Waals surface area contributed by atoms with E-state index in [-0.39, 0.29) is 0 Å². The van der Waals surface area contributed by atoms with Gasteiger partial charge in [-0.3, -0.25) is 0 Å². The van der Waals surface area contributed by atoms with Gasteiger partial charge in [-0.1, -0.05) is 168 Å². The minimum atomic E-state index is 1.02. The maximum atomic E-state index is 3.98. The largest absolute Gasteiger partial charge is 0.0654 e. The molecule has 0 aromatic heterocycles. The summed E-state index contributed by atoms with van der Waals surface area (Å²) in [7, 11) is 0. The molecule has 1 unspecified atom stereocenters. The molecule has 0 saturated carbocycles. The highest BCUT2D eigenvalue weighted by molar-refractivity contribution is 4.62. The van der Waals surface area contributed by atoms with Gasteiger partial charge in [-0.05, 0) is 5.92 Å². The molecule has 1 atom stereocenters. The molecule has 0 rings (SSSR count). The first-order chi connectivity index (χ1) is 13.3. The summed E-state index contributed by atoms with van der Waals surface area (Å²) in [5.74, 6) is 1.02. The molecule has 0 aromatic rings. The van der Waals surface area contributed by atoms with E-state index >= 15 is 0 Å². The van der Waals surface area contributed by atoms with Crippen molar-refractivity contribution in [3.63, 3.8) is 0 Å². The fraction of sp³-hybridized carbons (Fsp3) is 0.963. The van der Waals surface area contributed by atoms with E-state index in [2.05, 4.69) is 20.8 Å². The highest BCUT2D eigenvalue weighted by Gasteiger charge is 2.08. The minimum absolute atomic E-state index is 1.02. The van der Waals surface area contributed by atoms with Crippen molar-refractivity contribution in [2.24, 2.45) is 5.92 Å². The van der Waals surface area contributed by atoms with Gasteiger partial charge in [0.25, 0.3) is 0 Å².